The molecule has 2 amide bonds. The number of amides is 2. The van der Waals surface area contributed by atoms with E-state index in [-0.39, 0.29) is 0 Å². The van der Waals surface area contributed by atoms with E-state index in [1.54, 1.807) is 18.2 Å². The summed E-state index contributed by atoms with van der Waals surface area (Å²) in [6.45, 7) is -0.452. The summed E-state index contributed by atoms with van der Waals surface area (Å²) in [5, 5.41) is 2.58. The van der Waals surface area contributed by atoms with Crippen molar-refractivity contribution < 1.29 is 19.1 Å². The van der Waals surface area contributed by atoms with Gasteiger partial charge in [0, 0.05) is 16.8 Å². The fraction of sp³-hybridized carbons (Fsp3) is 0.0435. The second-order valence-corrected chi connectivity index (χ2v) is 6.75. The van der Waals surface area contributed by atoms with Crippen molar-refractivity contribution in [1.29, 1.82) is 0 Å². The maximum Gasteiger partial charge on any atom is 0.338 e. The van der Waals surface area contributed by atoms with E-state index < -0.39 is 24.4 Å². The normalized spacial score (nSPS) is 10.6. The third kappa shape index (κ3) is 4.59. The number of hydrogen-bond acceptors (Lipinski definition) is 5. The number of imidazole rings is 1. The van der Waals surface area contributed by atoms with Crippen LogP contribution in [-0.2, 0) is 9.53 Å². The number of nitrogens with zero attached hydrogens (tertiary/aromatic N) is 1. The number of esters is 1. The van der Waals surface area contributed by atoms with Gasteiger partial charge < -0.3 is 20.8 Å². The first-order valence-corrected chi connectivity index (χ1v) is 9.41. The van der Waals surface area contributed by atoms with Crippen LogP contribution in [0.15, 0.2) is 72.8 Å². The summed E-state index contributed by atoms with van der Waals surface area (Å²) in [7, 11) is 0. The highest BCUT2D eigenvalue weighted by atomic mass is 16.5. The number of rotatable bonds is 6. The number of carbonyl (C=O) groups excluding carboxylic acids is 3. The van der Waals surface area contributed by atoms with Crippen molar-refractivity contribution in [3.05, 3.63) is 83.9 Å². The Kier molecular flexibility index (Phi) is 5.44. The Morgan fingerprint density at radius 2 is 1.65 bits per heavy atom. The molecule has 0 aliphatic rings. The molecule has 3 aromatic carbocycles. The van der Waals surface area contributed by atoms with Crippen molar-refractivity contribution in [3.8, 4) is 11.4 Å². The topological polar surface area (TPSA) is 127 Å². The predicted octanol–water partition coefficient (Wildman–Crippen LogP) is 3.12. The number of aromatic amines is 1. The first-order chi connectivity index (χ1) is 15.0. The minimum atomic E-state index is -0.628. The van der Waals surface area contributed by atoms with Crippen LogP contribution < -0.4 is 11.1 Å². The molecule has 1 heterocycles. The Labute approximate surface area is 177 Å². The molecular formula is C23H18N4O4. The van der Waals surface area contributed by atoms with Crippen molar-refractivity contribution >= 4 is 34.5 Å². The van der Waals surface area contributed by atoms with Crippen LogP contribution in [0.4, 0.5) is 5.69 Å². The number of aromatic nitrogens is 2. The molecule has 1 aromatic heterocycles. The SMILES string of the molecule is NC(=O)c1ccc(NC(=O)COC(=O)c2ccc3nc(-c4ccccc4)[nH]c3c2)cc1. The van der Waals surface area contributed by atoms with E-state index in [0.717, 1.165) is 5.56 Å². The van der Waals surface area contributed by atoms with Gasteiger partial charge in [-0.1, -0.05) is 30.3 Å². The van der Waals surface area contributed by atoms with Gasteiger partial charge in [0.2, 0.25) is 5.91 Å². The number of fused-ring (bicyclic) bond motifs is 1. The lowest BCUT2D eigenvalue weighted by atomic mass is 10.2. The van der Waals surface area contributed by atoms with Gasteiger partial charge in [-0.2, -0.15) is 0 Å². The molecule has 8 heteroatoms. The zero-order chi connectivity index (χ0) is 21.8. The first kappa shape index (κ1) is 19.8. The largest absolute Gasteiger partial charge is 0.452 e. The van der Waals surface area contributed by atoms with Crippen LogP contribution in [-0.4, -0.2) is 34.4 Å². The minimum Gasteiger partial charge on any atom is -0.452 e. The van der Waals surface area contributed by atoms with Crippen molar-refractivity contribution in [2.75, 3.05) is 11.9 Å². The second kappa shape index (κ2) is 8.50. The third-order valence-electron chi connectivity index (χ3n) is 4.55. The average Bonchev–Trinajstić information content (AvgIpc) is 3.22. The molecule has 4 rings (SSSR count). The van der Waals surface area contributed by atoms with Crippen LogP contribution >= 0.6 is 0 Å². The number of hydrogen-bond donors (Lipinski definition) is 3. The highest BCUT2D eigenvalue weighted by molar-refractivity contribution is 5.98. The molecule has 0 spiro atoms. The number of ether oxygens (including phenoxy) is 1. The fourth-order valence-corrected chi connectivity index (χ4v) is 3.00. The summed E-state index contributed by atoms with van der Waals surface area (Å²) in [5.41, 5.74) is 8.60. The van der Waals surface area contributed by atoms with Gasteiger partial charge in [-0.05, 0) is 42.5 Å². The number of primary amides is 1. The molecule has 0 atom stereocenters. The molecule has 0 saturated heterocycles. The van der Waals surface area contributed by atoms with Crippen LogP contribution in [0.3, 0.4) is 0 Å². The molecule has 4 aromatic rings. The molecule has 0 fully saturated rings. The van der Waals surface area contributed by atoms with Crippen molar-refractivity contribution in [2.24, 2.45) is 5.73 Å². The summed E-state index contributed by atoms with van der Waals surface area (Å²) in [6.07, 6.45) is 0. The molecule has 0 aliphatic heterocycles. The van der Waals surface area contributed by atoms with Crippen LogP contribution in [0, 0.1) is 0 Å². The monoisotopic (exact) mass is 414 g/mol. The van der Waals surface area contributed by atoms with E-state index in [1.807, 2.05) is 30.3 Å². The lowest BCUT2D eigenvalue weighted by Crippen LogP contribution is -2.21. The molecule has 154 valence electrons. The van der Waals surface area contributed by atoms with Gasteiger partial charge in [0.05, 0.1) is 16.6 Å². The number of nitrogens with one attached hydrogen (secondary N) is 2. The Bertz CT molecular complexity index is 1260. The summed E-state index contributed by atoms with van der Waals surface area (Å²) in [6, 6.07) is 20.7. The first-order valence-electron chi connectivity index (χ1n) is 9.41. The zero-order valence-corrected chi connectivity index (χ0v) is 16.3. The van der Waals surface area contributed by atoms with E-state index in [0.29, 0.717) is 33.7 Å². The van der Waals surface area contributed by atoms with E-state index >= 15 is 0 Å². The molecule has 8 nitrogen and oxygen atoms in total. The van der Waals surface area contributed by atoms with Crippen molar-refractivity contribution in [2.45, 2.75) is 0 Å². The zero-order valence-electron chi connectivity index (χ0n) is 16.3. The van der Waals surface area contributed by atoms with Gasteiger partial charge in [0.25, 0.3) is 5.91 Å². The van der Waals surface area contributed by atoms with E-state index in [4.69, 9.17) is 10.5 Å². The molecule has 4 N–H and O–H groups in total. The van der Waals surface area contributed by atoms with Crippen LogP contribution in [0.25, 0.3) is 22.4 Å². The number of nitrogens with two attached hydrogens (primary N) is 1. The molecule has 0 saturated carbocycles. The molecule has 0 radical (unpaired) electrons. The van der Waals surface area contributed by atoms with E-state index in [1.165, 1.54) is 24.3 Å². The molecule has 0 bridgehead atoms. The van der Waals surface area contributed by atoms with Crippen LogP contribution in [0.1, 0.15) is 20.7 Å². The molecule has 0 aliphatic carbocycles. The average molecular weight is 414 g/mol. The fourth-order valence-electron chi connectivity index (χ4n) is 3.00. The lowest BCUT2D eigenvalue weighted by Gasteiger charge is -2.07. The molecule has 0 unspecified atom stereocenters. The predicted molar refractivity (Wildman–Crippen MR) is 115 cm³/mol. The quantitative estimate of drug-likeness (QED) is 0.418. The molecule has 31 heavy (non-hydrogen) atoms. The van der Waals surface area contributed by atoms with Gasteiger partial charge in [-0.3, -0.25) is 9.59 Å². The standard InChI is InChI=1S/C23H18N4O4/c24-21(29)14-6-9-17(10-7-14)25-20(28)13-31-23(30)16-8-11-18-19(12-16)27-22(26-18)15-4-2-1-3-5-15/h1-12H,13H2,(H2,24,29)(H,25,28)(H,26,27). The number of carbonyl (C=O) groups is 3. The Balaban J connectivity index is 1.38. The smallest absolute Gasteiger partial charge is 0.338 e. The summed E-state index contributed by atoms with van der Waals surface area (Å²) < 4.78 is 5.11. The summed E-state index contributed by atoms with van der Waals surface area (Å²) in [4.78, 5) is 43.2. The third-order valence-corrected chi connectivity index (χ3v) is 4.55. The maximum atomic E-state index is 12.4. The van der Waals surface area contributed by atoms with Gasteiger partial charge in [-0.25, -0.2) is 9.78 Å². The maximum absolute atomic E-state index is 12.4. The van der Waals surface area contributed by atoms with Gasteiger partial charge in [0.15, 0.2) is 6.61 Å². The number of benzene rings is 3. The van der Waals surface area contributed by atoms with Gasteiger partial charge >= 0.3 is 5.97 Å². The van der Waals surface area contributed by atoms with E-state index in [2.05, 4.69) is 15.3 Å². The highest BCUT2D eigenvalue weighted by Gasteiger charge is 2.13. The highest BCUT2D eigenvalue weighted by Crippen LogP contribution is 2.21. The Hall–Kier alpha value is -4.46. The van der Waals surface area contributed by atoms with Crippen LogP contribution in [0.5, 0.6) is 0 Å². The Morgan fingerprint density at radius 3 is 2.35 bits per heavy atom. The minimum absolute atomic E-state index is 0.300. The number of anilines is 1. The van der Waals surface area contributed by atoms with Crippen molar-refractivity contribution in [1.82, 2.24) is 9.97 Å². The molecular weight excluding hydrogens is 396 g/mol. The van der Waals surface area contributed by atoms with Crippen LogP contribution in [0.2, 0.25) is 0 Å². The van der Waals surface area contributed by atoms with Crippen molar-refractivity contribution in [3.63, 3.8) is 0 Å². The Morgan fingerprint density at radius 1 is 0.935 bits per heavy atom. The van der Waals surface area contributed by atoms with E-state index in [9.17, 15) is 14.4 Å². The van der Waals surface area contributed by atoms with Gasteiger partial charge in [0.1, 0.15) is 5.82 Å². The summed E-state index contributed by atoms with van der Waals surface area (Å²) >= 11 is 0. The number of H-pyrrole nitrogens is 1. The lowest BCUT2D eigenvalue weighted by molar-refractivity contribution is -0.119. The van der Waals surface area contributed by atoms with Gasteiger partial charge in [-0.15, -0.1) is 0 Å². The second-order valence-electron chi connectivity index (χ2n) is 6.75. The summed E-state index contributed by atoms with van der Waals surface area (Å²) in [5.74, 6) is -0.995.